The summed E-state index contributed by atoms with van der Waals surface area (Å²) in [6.07, 6.45) is 1.93. The van der Waals surface area contributed by atoms with Crippen LogP contribution < -0.4 is 9.64 Å². The molecule has 102 valence electrons. The number of methoxy groups -OCH3 is 1. The molecule has 1 aliphatic rings. The van der Waals surface area contributed by atoms with E-state index in [4.69, 9.17) is 4.74 Å². The largest absolute Gasteiger partial charge is 0.496 e. The van der Waals surface area contributed by atoms with E-state index in [-0.39, 0.29) is 0 Å². The molecule has 0 amide bonds. The zero-order chi connectivity index (χ0) is 14.1. The summed E-state index contributed by atoms with van der Waals surface area (Å²) in [5, 5.41) is 0. The van der Waals surface area contributed by atoms with E-state index in [9.17, 15) is 4.79 Å². The molecule has 20 heavy (non-hydrogen) atoms. The molecular weight excluding hydrogens is 250 g/mol. The molecule has 0 bridgehead atoms. The highest BCUT2D eigenvalue weighted by molar-refractivity contribution is 5.82. The lowest BCUT2D eigenvalue weighted by Crippen LogP contribution is -2.12. The van der Waals surface area contributed by atoms with Gasteiger partial charge in [-0.2, -0.15) is 0 Å². The van der Waals surface area contributed by atoms with Crippen molar-refractivity contribution in [2.45, 2.75) is 6.42 Å². The number of benzene rings is 2. The molecule has 0 spiro atoms. The Morgan fingerprint density at radius 3 is 2.80 bits per heavy atom. The van der Waals surface area contributed by atoms with Gasteiger partial charge in [0.05, 0.1) is 7.11 Å². The predicted molar refractivity (Wildman–Crippen MR) is 80.8 cm³/mol. The molecule has 0 N–H and O–H groups in total. The normalized spacial score (nSPS) is 13.2. The summed E-state index contributed by atoms with van der Waals surface area (Å²) in [6, 6.07) is 11.9. The van der Waals surface area contributed by atoms with E-state index in [0.717, 1.165) is 36.1 Å². The van der Waals surface area contributed by atoms with Crippen LogP contribution in [-0.4, -0.2) is 27.0 Å². The maximum Gasteiger partial charge on any atom is 0.150 e. The minimum absolute atomic E-state index is 0.665. The van der Waals surface area contributed by atoms with E-state index in [2.05, 4.69) is 30.1 Å². The Morgan fingerprint density at radius 2 is 2.05 bits per heavy atom. The van der Waals surface area contributed by atoms with Gasteiger partial charge in [-0.05, 0) is 47.9 Å². The first kappa shape index (κ1) is 12.7. The monoisotopic (exact) mass is 267 g/mol. The van der Waals surface area contributed by atoms with E-state index in [1.54, 1.807) is 13.2 Å². The van der Waals surface area contributed by atoms with Gasteiger partial charge in [-0.1, -0.05) is 6.07 Å². The number of aldehydes is 1. The molecule has 0 radical (unpaired) electrons. The summed E-state index contributed by atoms with van der Waals surface area (Å²) in [5.41, 5.74) is 5.37. The summed E-state index contributed by atoms with van der Waals surface area (Å²) in [4.78, 5) is 13.2. The van der Waals surface area contributed by atoms with Crippen LogP contribution in [0.2, 0.25) is 0 Å². The number of carbonyl (C=O) groups is 1. The van der Waals surface area contributed by atoms with Crippen molar-refractivity contribution in [2.75, 3.05) is 25.6 Å². The van der Waals surface area contributed by atoms with Crippen molar-refractivity contribution in [1.82, 2.24) is 0 Å². The predicted octanol–water partition coefficient (Wildman–Crippen LogP) is 3.17. The summed E-state index contributed by atoms with van der Waals surface area (Å²) >= 11 is 0. The molecule has 0 aromatic heterocycles. The number of hydrogen-bond donors (Lipinski definition) is 0. The van der Waals surface area contributed by atoms with Crippen LogP contribution in [-0.2, 0) is 6.42 Å². The second-order valence-electron chi connectivity index (χ2n) is 5.09. The highest BCUT2D eigenvalue weighted by atomic mass is 16.5. The highest BCUT2D eigenvalue weighted by Crippen LogP contribution is 2.35. The van der Waals surface area contributed by atoms with Gasteiger partial charge < -0.3 is 9.64 Å². The average Bonchev–Trinajstić information content (AvgIpc) is 2.87. The third-order valence-corrected chi connectivity index (χ3v) is 3.88. The smallest absolute Gasteiger partial charge is 0.150 e. The third kappa shape index (κ3) is 2.05. The average molecular weight is 267 g/mol. The van der Waals surface area contributed by atoms with Crippen LogP contribution in [0.5, 0.6) is 5.75 Å². The zero-order valence-corrected chi connectivity index (χ0v) is 11.7. The summed E-state index contributed by atoms with van der Waals surface area (Å²) in [7, 11) is 3.76. The van der Waals surface area contributed by atoms with Crippen molar-refractivity contribution in [1.29, 1.82) is 0 Å². The minimum Gasteiger partial charge on any atom is -0.496 e. The van der Waals surface area contributed by atoms with E-state index >= 15 is 0 Å². The number of hydrogen-bond acceptors (Lipinski definition) is 3. The lowest BCUT2D eigenvalue weighted by molar-refractivity contribution is 0.112. The molecule has 2 aromatic rings. The minimum atomic E-state index is 0.665. The van der Waals surface area contributed by atoms with E-state index in [1.165, 1.54) is 11.3 Å². The molecule has 1 aliphatic heterocycles. The van der Waals surface area contributed by atoms with Crippen LogP contribution in [0.3, 0.4) is 0 Å². The molecule has 2 aromatic carbocycles. The van der Waals surface area contributed by atoms with Crippen molar-refractivity contribution in [3.63, 3.8) is 0 Å². The fourth-order valence-electron chi connectivity index (χ4n) is 2.76. The fraction of sp³-hybridized carbons (Fsp3) is 0.235. The fourth-order valence-corrected chi connectivity index (χ4v) is 2.76. The van der Waals surface area contributed by atoms with Gasteiger partial charge in [0.1, 0.15) is 12.0 Å². The Labute approximate surface area is 118 Å². The molecule has 0 unspecified atom stereocenters. The number of fused-ring (bicyclic) bond motifs is 1. The molecule has 0 atom stereocenters. The molecule has 3 heteroatoms. The van der Waals surface area contributed by atoms with Gasteiger partial charge in [-0.25, -0.2) is 0 Å². The second-order valence-corrected chi connectivity index (χ2v) is 5.09. The van der Waals surface area contributed by atoms with Crippen LogP contribution in [0.1, 0.15) is 15.9 Å². The summed E-state index contributed by atoms with van der Waals surface area (Å²) in [5.74, 6) is 0.793. The first-order chi connectivity index (χ1) is 9.72. The van der Waals surface area contributed by atoms with Crippen LogP contribution in [0.15, 0.2) is 36.4 Å². The maximum absolute atomic E-state index is 11.0. The maximum atomic E-state index is 11.0. The molecular formula is C17H17NO2. The van der Waals surface area contributed by atoms with Crippen LogP contribution in [0, 0.1) is 0 Å². The van der Waals surface area contributed by atoms with E-state index in [1.807, 2.05) is 12.1 Å². The Morgan fingerprint density at radius 1 is 1.20 bits per heavy atom. The van der Waals surface area contributed by atoms with Crippen molar-refractivity contribution < 1.29 is 9.53 Å². The lowest BCUT2D eigenvalue weighted by atomic mass is 9.99. The molecule has 0 aliphatic carbocycles. The summed E-state index contributed by atoms with van der Waals surface area (Å²) < 4.78 is 5.41. The number of ether oxygens (including phenoxy) is 1. The highest BCUT2D eigenvalue weighted by Gasteiger charge is 2.17. The van der Waals surface area contributed by atoms with Gasteiger partial charge in [0.25, 0.3) is 0 Å². The van der Waals surface area contributed by atoms with Crippen molar-refractivity contribution in [3.05, 3.63) is 47.5 Å². The molecule has 3 rings (SSSR count). The molecule has 0 saturated heterocycles. The number of nitrogens with zero attached hydrogens (tertiary/aromatic N) is 1. The first-order valence-corrected chi connectivity index (χ1v) is 6.70. The zero-order valence-electron chi connectivity index (χ0n) is 11.7. The summed E-state index contributed by atoms with van der Waals surface area (Å²) in [6.45, 7) is 1.06. The standard InChI is InChI=1S/C17H17NO2/c1-18-8-7-14-10-13(4-5-16(14)18)15-9-12(11-19)3-6-17(15)20-2/h3-6,9-11H,7-8H2,1-2H3. The quantitative estimate of drug-likeness (QED) is 0.800. The molecule has 1 heterocycles. The van der Waals surface area contributed by atoms with Gasteiger partial charge in [0.2, 0.25) is 0 Å². The van der Waals surface area contributed by atoms with E-state index in [0.29, 0.717) is 5.56 Å². The van der Waals surface area contributed by atoms with Crippen LogP contribution >= 0.6 is 0 Å². The Balaban J connectivity index is 2.11. The van der Waals surface area contributed by atoms with Gasteiger partial charge in [-0.3, -0.25) is 4.79 Å². The van der Waals surface area contributed by atoms with Crippen molar-refractivity contribution in [3.8, 4) is 16.9 Å². The van der Waals surface area contributed by atoms with Gasteiger partial charge in [-0.15, -0.1) is 0 Å². The first-order valence-electron chi connectivity index (χ1n) is 6.70. The number of rotatable bonds is 3. The van der Waals surface area contributed by atoms with Gasteiger partial charge in [0.15, 0.2) is 0 Å². The van der Waals surface area contributed by atoms with Crippen LogP contribution in [0.4, 0.5) is 5.69 Å². The van der Waals surface area contributed by atoms with Crippen molar-refractivity contribution in [2.24, 2.45) is 0 Å². The van der Waals surface area contributed by atoms with Gasteiger partial charge >= 0.3 is 0 Å². The Kier molecular flexibility index (Phi) is 3.18. The van der Waals surface area contributed by atoms with E-state index < -0.39 is 0 Å². The molecule has 3 nitrogen and oxygen atoms in total. The number of carbonyl (C=O) groups excluding carboxylic acids is 1. The van der Waals surface area contributed by atoms with Crippen molar-refractivity contribution >= 4 is 12.0 Å². The number of likely N-dealkylation sites (N-methyl/N-ethyl adjacent to an activating group) is 1. The topological polar surface area (TPSA) is 29.5 Å². The van der Waals surface area contributed by atoms with Gasteiger partial charge in [0, 0.05) is 30.4 Å². The molecule has 0 saturated carbocycles. The second kappa shape index (κ2) is 5.00. The third-order valence-electron chi connectivity index (χ3n) is 3.88. The number of anilines is 1. The lowest BCUT2D eigenvalue weighted by Gasteiger charge is -2.13. The SMILES string of the molecule is COc1ccc(C=O)cc1-c1ccc2c(c1)CCN2C. The molecule has 0 fully saturated rings. The Bertz CT molecular complexity index is 664. The Hall–Kier alpha value is -2.29. The van der Waals surface area contributed by atoms with Crippen LogP contribution in [0.25, 0.3) is 11.1 Å².